The van der Waals surface area contributed by atoms with Crippen LogP contribution in [-0.2, 0) is 9.53 Å². The average molecular weight is 257 g/mol. The maximum absolute atomic E-state index is 11.9. The van der Waals surface area contributed by atoms with E-state index in [1.165, 1.54) is 0 Å². The van der Waals surface area contributed by atoms with Crippen LogP contribution < -0.4 is 5.32 Å². The number of nitrogens with one attached hydrogen (secondary N) is 1. The van der Waals surface area contributed by atoms with E-state index in [0.717, 1.165) is 37.5 Å². The molecular weight excluding hydrogens is 242 g/mol. The predicted octanol–water partition coefficient (Wildman–Crippen LogP) is 1.38. The van der Waals surface area contributed by atoms with Gasteiger partial charge in [-0.1, -0.05) is 0 Å². The minimum atomic E-state index is -0.127. The lowest BCUT2D eigenvalue weighted by atomic mass is 9.99. The Morgan fingerprint density at radius 2 is 2.00 bits per heavy atom. The van der Waals surface area contributed by atoms with Crippen LogP contribution in [0.2, 0.25) is 0 Å². The normalized spacial score (nSPS) is 22.4. The second kappa shape index (κ2) is 5.32. The summed E-state index contributed by atoms with van der Waals surface area (Å²) in [6.45, 7) is 1.48. The molecule has 3 heterocycles. The van der Waals surface area contributed by atoms with E-state index >= 15 is 0 Å². The Morgan fingerprint density at radius 3 is 2.74 bits per heavy atom. The molecule has 0 bridgehead atoms. The highest BCUT2D eigenvalue weighted by molar-refractivity contribution is 6.15. The molecule has 0 saturated carbocycles. The lowest BCUT2D eigenvalue weighted by Gasteiger charge is -2.21. The number of pyridine rings is 1. The number of hydrogen-bond acceptors (Lipinski definition) is 4. The highest BCUT2D eigenvalue weighted by Gasteiger charge is 2.27. The molecule has 1 fully saturated rings. The highest BCUT2D eigenvalue weighted by atomic mass is 16.5. The number of nitrogens with zero attached hydrogens (tertiary/aromatic N) is 2. The van der Waals surface area contributed by atoms with Crippen LogP contribution >= 0.6 is 0 Å². The molecule has 1 aromatic heterocycles. The maximum Gasteiger partial charge on any atom is 0.275 e. The zero-order valence-electron chi connectivity index (χ0n) is 10.5. The SMILES string of the molecule is O=C1NC(C2CCOCC2)=N/C1=C/c1ccncc1. The molecule has 0 unspecified atom stereocenters. The molecule has 1 N–H and O–H groups in total. The smallest absolute Gasteiger partial charge is 0.275 e. The molecule has 1 amide bonds. The van der Waals surface area contributed by atoms with Gasteiger partial charge >= 0.3 is 0 Å². The molecule has 0 aromatic carbocycles. The zero-order valence-corrected chi connectivity index (χ0v) is 10.5. The van der Waals surface area contributed by atoms with Crippen LogP contribution in [0, 0.1) is 5.92 Å². The van der Waals surface area contributed by atoms with Crippen molar-refractivity contribution in [1.82, 2.24) is 10.3 Å². The minimum Gasteiger partial charge on any atom is -0.381 e. The van der Waals surface area contributed by atoms with Crippen LogP contribution in [0.1, 0.15) is 18.4 Å². The van der Waals surface area contributed by atoms with E-state index in [0.29, 0.717) is 11.6 Å². The standard InChI is InChI=1S/C14H15N3O2/c18-14-12(9-10-1-5-15-6-2-10)16-13(17-14)11-3-7-19-8-4-11/h1-2,5-6,9,11H,3-4,7-8H2,(H,16,17,18)/b12-9+. The lowest BCUT2D eigenvalue weighted by Crippen LogP contribution is -2.33. The van der Waals surface area contributed by atoms with Crippen molar-refractivity contribution < 1.29 is 9.53 Å². The summed E-state index contributed by atoms with van der Waals surface area (Å²) in [7, 11) is 0. The second-order valence-corrected chi connectivity index (χ2v) is 4.65. The van der Waals surface area contributed by atoms with Crippen LogP contribution in [0.15, 0.2) is 35.2 Å². The van der Waals surface area contributed by atoms with Crippen LogP contribution in [0.25, 0.3) is 6.08 Å². The Labute approximate surface area is 111 Å². The number of aromatic nitrogens is 1. The average Bonchev–Trinajstić information content (AvgIpc) is 2.82. The monoisotopic (exact) mass is 257 g/mol. The van der Waals surface area contributed by atoms with Gasteiger partial charge in [-0.15, -0.1) is 0 Å². The molecule has 1 saturated heterocycles. The maximum atomic E-state index is 11.9. The molecular formula is C14H15N3O2. The summed E-state index contributed by atoms with van der Waals surface area (Å²) >= 11 is 0. The first-order chi connectivity index (χ1) is 9.33. The lowest BCUT2D eigenvalue weighted by molar-refractivity contribution is -0.115. The van der Waals surface area contributed by atoms with E-state index < -0.39 is 0 Å². The van der Waals surface area contributed by atoms with E-state index in [1.54, 1.807) is 18.5 Å². The molecule has 2 aliphatic heterocycles. The fraction of sp³-hybridized carbons (Fsp3) is 0.357. The number of carbonyl (C=O) groups excluding carboxylic acids is 1. The molecule has 5 nitrogen and oxygen atoms in total. The Hall–Kier alpha value is -2.01. The molecule has 5 heteroatoms. The molecule has 0 radical (unpaired) electrons. The van der Waals surface area contributed by atoms with Gasteiger partial charge in [0.15, 0.2) is 0 Å². The van der Waals surface area contributed by atoms with Gasteiger partial charge in [0.1, 0.15) is 11.5 Å². The van der Waals surface area contributed by atoms with E-state index in [1.807, 2.05) is 12.1 Å². The summed E-state index contributed by atoms with van der Waals surface area (Å²) in [5.41, 5.74) is 1.39. The van der Waals surface area contributed by atoms with Gasteiger partial charge in [-0.05, 0) is 36.6 Å². The first-order valence-corrected chi connectivity index (χ1v) is 6.42. The topological polar surface area (TPSA) is 63.6 Å². The number of amidine groups is 1. The third kappa shape index (κ3) is 2.71. The predicted molar refractivity (Wildman–Crippen MR) is 71.3 cm³/mol. The van der Waals surface area contributed by atoms with Gasteiger partial charge in [-0.2, -0.15) is 0 Å². The summed E-state index contributed by atoms with van der Waals surface area (Å²) in [5.74, 6) is 0.966. The number of amides is 1. The Kier molecular flexibility index (Phi) is 3.37. The van der Waals surface area contributed by atoms with Crippen molar-refractivity contribution in [3.63, 3.8) is 0 Å². The van der Waals surface area contributed by atoms with Gasteiger partial charge in [0.05, 0.1) is 0 Å². The van der Waals surface area contributed by atoms with E-state index in [9.17, 15) is 4.79 Å². The van der Waals surface area contributed by atoms with Crippen LogP contribution in [0.5, 0.6) is 0 Å². The number of hydrogen-bond donors (Lipinski definition) is 1. The quantitative estimate of drug-likeness (QED) is 0.814. The van der Waals surface area contributed by atoms with E-state index in [4.69, 9.17) is 4.74 Å². The summed E-state index contributed by atoms with van der Waals surface area (Å²) in [6, 6.07) is 3.70. The summed E-state index contributed by atoms with van der Waals surface area (Å²) in [6.07, 6.45) is 7.01. The third-order valence-corrected chi connectivity index (χ3v) is 3.33. The minimum absolute atomic E-state index is 0.127. The number of carbonyl (C=O) groups is 1. The number of rotatable bonds is 2. The number of ether oxygens (including phenoxy) is 1. The van der Waals surface area contributed by atoms with Gasteiger partial charge in [-0.25, -0.2) is 4.99 Å². The van der Waals surface area contributed by atoms with Gasteiger partial charge in [0.2, 0.25) is 0 Å². The highest BCUT2D eigenvalue weighted by Crippen LogP contribution is 2.21. The number of aliphatic imine (C=N–C) groups is 1. The van der Waals surface area contributed by atoms with Crippen LogP contribution in [0.3, 0.4) is 0 Å². The summed E-state index contributed by atoms with van der Waals surface area (Å²) in [5, 5.41) is 2.87. The Balaban J connectivity index is 1.81. The molecule has 0 atom stereocenters. The van der Waals surface area contributed by atoms with Gasteiger partial charge in [0, 0.05) is 31.5 Å². The van der Waals surface area contributed by atoms with E-state index in [-0.39, 0.29) is 5.91 Å². The Morgan fingerprint density at radius 1 is 1.26 bits per heavy atom. The molecule has 19 heavy (non-hydrogen) atoms. The molecule has 0 aliphatic carbocycles. The molecule has 3 rings (SSSR count). The summed E-state index contributed by atoms with van der Waals surface area (Å²) in [4.78, 5) is 20.3. The van der Waals surface area contributed by atoms with Gasteiger partial charge < -0.3 is 10.1 Å². The van der Waals surface area contributed by atoms with Crippen molar-refractivity contribution >= 4 is 17.8 Å². The fourth-order valence-corrected chi connectivity index (χ4v) is 2.27. The first kappa shape index (κ1) is 12.0. The second-order valence-electron chi connectivity index (χ2n) is 4.65. The largest absolute Gasteiger partial charge is 0.381 e. The van der Waals surface area contributed by atoms with Crippen molar-refractivity contribution in [2.45, 2.75) is 12.8 Å². The Bertz CT molecular complexity index is 531. The van der Waals surface area contributed by atoms with Crippen LogP contribution in [0.4, 0.5) is 0 Å². The van der Waals surface area contributed by atoms with Crippen molar-refractivity contribution in [3.05, 3.63) is 35.8 Å². The van der Waals surface area contributed by atoms with Gasteiger partial charge in [-0.3, -0.25) is 9.78 Å². The van der Waals surface area contributed by atoms with Gasteiger partial charge in [0.25, 0.3) is 5.91 Å². The van der Waals surface area contributed by atoms with Crippen molar-refractivity contribution in [3.8, 4) is 0 Å². The van der Waals surface area contributed by atoms with Crippen molar-refractivity contribution in [2.24, 2.45) is 10.9 Å². The molecule has 1 aromatic rings. The van der Waals surface area contributed by atoms with Crippen LogP contribution in [-0.4, -0.2) is 29.9 Å². The van der Waals surface area contributed by atoms with Crippen molar-refractivity contribution in [1.29, 1.82) is 0 Å². The van der Waals surface area contributed by atoms with Crippen molar-refractivity contribution in [2.75, 3.05) is 13.2 Å². The van der Waals surface area contributed by atoms with E-state index in [2.05, 4.69) is 15.3 Å². The zero-order chi connectivity index (χ0) is 13.1. The molecule has 0 spiro atoms. The summed E-state index contributed by atoms with van der Waals surface area (Å²) < 4.78 is 5.32. The third-order valence-electron chi connectivity index (χ3n) is 3.33. The first-order valence-electron chi connectivity index (χ1n) is 6.42. The molecule has 2 aliphatic rings. The fourth-order valence-electron chi connectivity index (χ4n) is 2.27. The molecule has 98 valence electrons.